The molecule has 0 aliphatic rings. The van der Waals surface area contributed by atoms with Gasteiger partial charge in [0.2, 0.25) is 0 Å². The standard InChI is InChI=1S/C13H10ClF2NS/c14-13-8(2-1-3-10(13)15)7-18-9-4-5-12(17)11(16)6-9/h1-6H,7,17H2. The fourth-order valence-corrected chi connectivity index (χ4v) is 2.60. The predicted octanol–water partition coefficient (Wildman–Crippen LogP) is 4.49. The Morgan fingerprint density at radius 2 is 1.89 bits per heavy atom. The first-order chi connectivity index (χ1) is 8.58. The van der Waals surface area contributed by atoms with E-state index in [0.29, 0.717) is 11.3 Å². The summed E-state index contributed by atoms with van der Waals surface area (Å²) in [4.78, 5) is 0.724. The van der Waals surface area contributed by atoms with Crippen LogP contribution in [0.5, 0.6) is 0 Å². The monoisotopic (exact) mass is 285 g/mol. The average Bonchev–Trinajstić information content (AvgIpc) is 2.35. The lowest BCUT2D eigenvalue weighted by Gasteiger charge is -2.06. The molecule has 2 aromatic carbocycles. The smallest absolute Gasteiger partial charge is 0.147 e. The molecule has 0 radical (unpaired) electrons. The average molecular weight is 286 g/mol. The van der Waals surface area contributed by atoms with Crippen molar-refractivity contribution < 1.29 is 8.78 Å². The van der Waals surface area contributed by atoms with Gasteiger partial charge in [0.1, 0.15) is 11.6 Å². The summed E-state index contributed by atoms with van der Waals surface area (Å²) in [6.45, 7) is 0. The fourth-order valence-electron chi connectivity index (χ4n) is 1.42. The van der Waals surface area contributed by atoms with Gasteiger partial charge in [-0.05, 0) is 29.8 Å². The molecule has 0 saturated carbocycles. The summed E-state index contributed by atoms with van der Waals surface area (Å²) < 4.78 is 26.4. The van der Waals surface area contributed by atoms with E-state index in [0.717, 1.165) is 4.90 Å². The molecule has 1 nitrogen and oxygen atoms in total. The molecule has 0 aliphatic carbocycles. The molecule has 2 rings (SSSR count). The first-order valence-electron chi connectivity index (χ1n) is 5.18. The SMILES string of the molecule is Nc1ccc(SCc2cccc(F)c2Cl)cc1F. The highest BCUT2D eigenvalue weighted by atomic mass is 35.5. The molecule has 0 spiro atoms. The molecule has 0 aliphatic heterocycles. The van der Waals surface area contributed by atoms with Crippen molar-refractivity contribution >= 4 is 29.1 Å². The Hall–Kier alpha value is -1.26. The van der Waals surface area contributed by atoms with Gasteiger partial charge < -0.3 is 5.73 Å². The highest BCUT2D eigenvalue weighted by molar-refractivity contribution is 7.98. The Balaban J connectivity index is 2.11. The van der Waals surface area contributed by atoms with Crippen LogP contribution in [0.4, 0.5) is 14.5 Å². The number of benzene rings is 2. The first-order valence-corrected chi connectivity index (χ1v) is 6.55. The third-order valence-electron chi connectivity index (χ3n) is 2.40. The molecule has 0 amide bonds. The fraction of sp³-hybridized carbons (Fsp3) is 0.0769. The summed E-state index contributed by atoms with van der Waals surface area (Å²) in [7, 11) is 0. The van der Waals surface area contributed by atoms with Crippen LogP contribution < -0.4 is 5.73 Å². The largest absolute Gasteiger partial charge is 0.396 e. The topological polar surface area (TPSA) is 26.0 Å². The summed E-state index contributed by atoms with van der Waals surface area (Å²) in [5.74, 6) is -0.427. The zero-order valence-corrected chi connectivity index (χ0v) is 10.9. The van der Waals surface area contributed by atoms with E-state index in [1.807, 2.05) is 0 Å². The van der Waals surface area contributed by atoms with Gasteiger partial charge >= 0.3 is 0 Å². The molecule has 2 aromatic rings. The van der Waals surface area contributed by atoms with Crippen LogP contribution in [-0.2, 0) is 5.75 Å². The maximum atomic E-state index is 13.2. The van der Waals surface area contributed by atoms with Crippen LogP contribution in [0.2, 0.25) is 5.02 Å². The molecule has 5 heteroatoms. The van der Waals surface area contributed by atoms with Crippen LogP contribution >= 0.6 is 23.4 Å². The Bertz CT molecular complexity index is 575. The molecular weight excluding hydrogens is 276 g/mol. The molecular formula is C13H10ClF2NS. The van der Waals surface area contributed by atoms with Gasteiger partial charge in [-0.1, -0.05) is 23.7 Å². The molecule has 0 atom stereocenters. The molecule has 0 aromatic heterocycles. The van der Waals surface area contributed by atoms with Gasteiger partial charge in [0.05, 0.1) is 10.7 Å². The minimum absolute atomic E-state index is 0.112. The summed E-state index contributed by atoms with van der Waals surface area (Å²) >= 11 is 7.21. The quantitative estimate of drug-likeness (QED) is 0.664. The lowest BCUT2D eigenvalue weighted by Crippen LogP contribution is -1.90. The maximum absolute atomic E-state index is 13.2. The van der Waals surface area contributed by atoms with Crippen LogP contribution in [0, 0.1) is 11.6 Å². The molecule has 2 N–H and O–H groups in total. The summed E-state index contributed by atoms with van der Waals surface area (Å²) in [6, 6.07) is 9.22. The van der Waals surface area contributed by atoms with Gasteiger partial charge in [-0.15, -0.1) is 11.8 Å². The third kappa shape index (κ3) is 2.94. The molecule has 0 saturated heterocycles. The van der Waals surface area contributed by atoms with Crippen molar-refractivity contribution in [2.45, 2.75) is 10.6 Å². The number of rotatable bonds is 3. The highest BCUT2D eigenvalue weighted by Crippen LogP contribution is 2.29. The molecule has 0 heterocycles. The van der Waals surface area contributed by atoms with Gasteiger partial charge in [0.15, 0.2) is 0 Å². The number of thioether (sulfide) groups is 1. The van der Waals surface area contributed by atoms with Crippen molar-refractivity contribution in [2.24, 2.45) is 0 Å². The molecule has 18 heavy (non-hydrogen) atoms. The first kappa shape index (κ1) is 13.2. The molecule has 0 fully saturated rings. The second-order valence-corrected chi connectivity index (χ2v) is 5.11. The number of halogens is 3. The lowest BCUT2D eigenvalue weighted by molar-refractivity contribution is 0.626. The van der Waals surface area contributed by atoms with Crippen molar-refractivity contribution in [3.05, 3.63) is 58.6 Å². The zero-order valence-electron chi connectivity index (χ0n) is 9.29. The van der Waals surface area contributed by atoms with Crippen molar-refractivity contribution in [2.75, 3.05) is 5.73 Å². The normalized spacial score (nSPS) is 10.6. The molecule has 0 bridgehead atoms. The minimum atomic E-state index is -0.453. The third-order valence-corrected chi connectivity index (χ3v) is 3.86. The van der Waals surface area contributed by atoms with E-state index in [9.17, 15) is 8.78 Å². The van der Waals surface area contributed by atoms with E-state index in [1.54, 1.807) is 18.2 Å². The van der Waals surface area contributed by atoms with Crippen LogP contribution in [0.1, 0.15) is 5.56 Å². The number of nitrogen functional groups attached to an aromatic ring is 1. The van der Waals surface area contributed by atoms with Gasteiger partial charge in [0, 0.05) is 10.6 Å². The van der Waals surface area contributed by atoms with Crippen molar-refractivity contribution in [3.63, 3.8) is 0 Å². The Morgan fingerprint density at radius 1 is 1.11 bits per heavy atom. The van der Waals surface area contributed by atoms with E-state index < -0.39 is 11.6 Å². The van der Waals surface area contributed by atoms with Gasteiger partial charge in [-0.25, -0.2) is 8.78 Å². The maximum Gasteiger partial charge on any atom is 0.147 e. The molecule has 94 valence electrons. The minimum Gasteiger partial charge on any atom is -0.396 e. The number of anilines is 1. The number of nitrogens with two attached hydrogens (primary N) is 1. The lowest BCUT2D eigenvalue weighted by atomic mass is 10.2. The zero-order chi connectivity index (χ0) is 13.1. The van der Waals surface area contributed by atoms with E-state index in [4.69, 9.17) is 17.3 Å². The van der Waals surface area contributed by atoms with E-state index in [1.165, 1.54) is 30.0 Å². The molecule has 0 unspecified atom stereocenters. The van der Waals surface area contributed by atoms with Gasteiger partial charge in [-0.2, -0.15) is 0 Å². The summed E-state index contributed by atoms with van der Waals surface area (Å²) in [5, 5.41) is 0.112. The Kier molecular flexibility index (Phi) is 4.09. The van der Waals surface area contributed by atoms with E-state index in [2.05, 4.69) is 0 Å². The van der Waals surface area contributed by atoms with Crippen molar-refractivity contribution in [3.8, 4) is 0 Å². The second kappa shape index (κ2) is 5.59. The predicted molar refractivity (Wildman–Crippen MR) is 71.8 cm³/mol. The van der Waals surface area contributed by atoms with Crippen LogP contribution in [0.15, 0.2) is 41.3 Å². The van der Waals surface area contributed by atoms with Crippen LogP contribution in [-0.4, -0.2) is 0 Å². The van der Waals surface area contributed by atoms with Crippen molar-refractivity contribution in [1.82, 2.24) is 0 Å². The Labute approximate surface area is 113 Å². The van der Waals surface area contributed by atoms with E-state index in [-0.39, 0.29) is 10.7 Å². The van der Waals surface area contributed by atoms with Gasteiger partial charge in [0.25, 0.3) is 0 Å². The number of hydrogen-bond acceptors (Lipinski definition) is 2. The van der Waals surface area contributed by atoms with Crippen molar-refractivity contribution in [1.29, 1.82) is 0 Å². The van der Waals surface area contributed by atoms with E-state index >= 15 is 0 Å². The Morgan fingerprint density at radius 3 is 2.61 bits per heavy atom. The summed E-state index contributed by atoms with van der Waals surface area (Å²) in [5.41, 5.74) is 6.18. The van der Waals surface area contributed by atoms with Crippen LogP contribution in [0.3, 0.4) is 0 Å². The number of hydrogen-bond donors (Lipinski definition) is 1. The van der Waals surface area contributed by atoms with Crippen LogP contribution in [0.25, 0.3) is 0 Å². The van der Waals surface area contributed by atoms with Gasteiger partial charge in [-0.3, -0.25) is 0 Å². The highest BCUT2D eigenvalue weighted by Gasteiger charge is 2.07. The summed E-state index contributed by atoms with van der Waals surface area (Å²) in [6.07, 6.45) is 0. The second-order valence-electron chi connectivity index (χ2n) is 3.68.